The number of benzene rings is 2. The molecule has 0 bridgehead atoms. The summed E-state index contributed by atoms with van der Waals surface area (Å²) >= 11 is 0. The van der Waals surface area contributed by atoms with Crippen LogP contribution in [-0.2, 0) is 12.8 Å². The normalized spacial score (nSPS) is 11.8. The van der Waals surface area contributed by atoms with Gasteiger partial charge >= 0.3 is 0 Å². The van der Waals surface area contributed by atoms with Gasteiger partial charge in [-0.1, -0.05) is 68.7 Å². The summed E-state index contributed by atoms with van der Waals surface area (Å²) in [4.78, 5) is 4.78. The van der Waals surface area contributed by atoms with Gasteiger partial charge in [0.25, 0.3) is 0 Å². The van der Waals surface area contributed by atoms with Gasteiger partial charge in [0.05, 0.1) is 5.69 Å². The first-order valence-corrected chi connectivity index (χ1v) is 9.57. The van der Waals surface area contributed by atoms with Crippen molar-refractivity contribution >= 4 is 16.5 Å². The molecule has 0 aliphatic heterocycles. The van der Waals surface area contributed by atoms with Crippen molar-refractivity contribution in [2.45, 2.75) is 45.4 Å². The first kappa shape index (κ1) is 18.2. The predicted octanol–water partition coefficient (Wildman–Crippen LogP) is 6.52. The van der Waals surface area contributed by atoms with E-state index in [2.05, 4.69) is 31.7 Å². The van der Waals surface area contributed by atoms with Crippen molar-refractivity contribution < 1.29 is 4.42 Å². The Morgan fingerprint density at radius 2 is 1.65 bits per heavy atom. The number of para-hydroxylation sites is 1. The van der Waals surface area contributed by atoms with Crippen LogP contribution in [0.15, 0.2) is 76.7 Å². The Balaban J connectivity index is 2.13. The molecule has 0 radical (unpaired) electrons. The number of hydrogen-bond donors (Lipinski definition) is 0. The second kappa shape index (κ2) is 9.19. The molecule has 1 heterocycles. The highest BCUT2D eigenvalue weighted by molar-refractivity contribution is 5.85. The first-order valence-electron chi connectivity index (χ1n) is 9.57. The van der Waals surface area contributed by atoms with Crippen LogP contribution < -0.4 is 5.55 Å². The number of nitrogens with zero attached hydrogens (tertiary/aromatic N) is 1. The molecule has 26 heavy (non-hydrogen) atoms. The van der Waals surface area contributed by atoms with Crippen LogP contribution in [0.3, 0.4) is 0 Å². The first-order chi connectivity index (χ1) is 12.8. The molecule has 0 unspecified atom stereocenters. The topological polar surface area (TPSA) is 25.5 Å². The van der Waals surface area contributed by atoms with Gasteiger partial charge in [-0.3, -0.25) is 0 Å². The Kier molecular flexibility index (Phi) is 6.43. The van der Waals surface area contributed by atoms with E-state index in [4.69, 9.17) is 9.41 Å². The van der Waals surface area contributed by atoms with Gasteiger partial charge in [-0.25, -0.2) is 4.99 Å². The molecule has 0 saturated carbocycles. The standard InChI is InChI=1S/C24H27NO/c1-3-5-6-10-18-23-21(13-4-2)20-16-11-12-17-22(20)24(26-23)25-19-14-8-7-9-15-19/h4,7-9,11-12,14-17H,2-3,5-6,10,13,18H2,1H3. The number of fused-ring (bicyclic) bond motifs is 1. The molecule has 0 aliphatic carbocycles. The van der Waals surface area contributed by atoms with E-state index in [9.17, 15) is 0 Å². The Labute approximate surface area is 155 Å². The summed E-state index contributed by atoms with van der Waals surface area (Å²) < 4.78 is 6.34. The van der Waals surface area contributed by atoms with E-state index in [0.29, 0.717) is 5.55 Å². The third-order valence-electron chi connectivity index (χ3n) is 4.63. The van der Waals surface area contributed by atoms with Crippen LogP contribution in [0.2, 0.25) is 0 Å². The molecule has 0 saturated heterocycles. The minimum Gasteiger partial charge on any atom is -0.442 e. The van der Waals surface area contributed by atoms with Crippen molar-refractivity contribution in [1.82, 2.24) is 0 Å². The zero-order valence-electron chi connectivity index (χ0n) is 15.6. The average molecular weight is 345 g/mol. The fourth-order valence-electron chi connectivity index (χ4n) is 3.30. The smallest absolute Gasteiger partial charge is 0.227 e. The molecule has 3 rings (SSSR count). The monoisotopic (exact) mass is 345 g/mol. The summed E-state index contributed by atoms with van der Waals surface area (Å²) in [6.07, 6.45) is 8.61. The fourth-order valence-corrected chi connectivity index (χ4v) is 3.30. The summed E-state index contributed by atoms with van der Waals surface area (Å²) in [6.45, 7) is 6.18. The van der Waals surface area contributed by atoms with Crippen LogP contribution in [-0.4, -0.2) is 0 Å². The van der Waals surface area contributed by atoms with Gasteiger partial charge in [0.15, 0.2) is 0 Å². The minimum atomic E-state index is 0.699. The highest BCUT2D eigenvalue weighted by Crippen LogP contribution is 2.23. The van der Waals surface area contributed by atoms with Crippen LogP contribution in [0.5, 0.6) is 0 Å². The number of unbranched alkanes of at least 4 members (excludes halogenated alkanes) is 3. The molecular formula is C24H27NO. The lowest BCUT2D eigenvalue weighted by atomic mass is 9.99. The molecule has 2 heteroatoms. The van der Waals surface area contributed by atoms with Crippen molar-refractivity contribution in [1.29, 1.82) is 0 Å². The maximum atomic E-state index is 6.34. The van der Waals surface area contributed by atoms with Crippen molar-refractivity contribution in [3.63, 3.8) is 0 Å². The molecule has 0 aliphatic rings. The lowest BCUT2D eigenvalue weighted by Gasteiger charge is -2.11. The molecule has 0 N–H and O–H groups in total. The summed E-state index contributed by atoms with van der Waals surface area (Å²) in [7, 11) is 0. The molecule has 0 atom stereocenters. The maximum absolute atomic E-state index is 6.34. The Morgan fingerprint density at radius 3 is 2.38 bits per heavy atom. The molecule has 1 aromatic heterocycles. The number of allylic oxidation sites excluding steroid dienone is 1. The molecular weight excluding hydrogens is 318 g/mol. The van der Waals surface area contributed by atoms with Crippen LogP contribution in [0, 0.1) is 0 Å². The minimum absolute atomic E-state index is 0.699. The van der Waals surface area contributed by atoms with E-state index >= 15 is 0 Å². The highest BCUT2D eigenvalue weighted by Gasteiger charge is 2.11. The van der Waals surface area contributed by atoms with Crippen LogP contribution in [0.25, 0.3) is 10.8 Å². The lowest BCUT2D eigenvalue weighted by Crippen LogP contribution is -2.08. The van der Waals surface area contributed by atoms with Crippen molar-refractivity contribution in [3.05, 3.63) is 84.1 Å². The molecule has 0 amide bonds. The van der Waals surface area contributed by atoms with Crippen molar-refractivity contribution in [3.8, 4) is 0 Å². The number of rotatable bonds is 8. The molecule has 0 fully saturated rings. The van der Waals surface area contributed by atoms with E-state index in [1.54, 1.807) is 0 Å². The van der Waals surface area contributed by atoms with E-state index in [1.165, 1.54) is 30.2 Å². The van der Waals surface area contributed by atoms with Gasteiger partial charge in [-0.2, -0.15) is 0 Å². The van der Waals surface area contributed by atoms with Gasteiger partial charge in [0.2, 0.25) is 5.55 Å². The third-order valence-corrected chi connectivity index (χ3v) is 4.63. The Hall–Kier alpha value is -2.61. The third kappa shape index (κ3) is 4.32. The predicted molar refractivity (Wildman–Crippen MR) is 110 cm³/mol. The van der Waals surface area contributed by atoms with Gasteiger partial charge < -0.3 is 4.42 Å². The zero-order chi connectivity index (χ0) is 18.2. The van der Waals surface area contributed by atoms with E-state index in [-0.39, 0.29) is 0 Å². The van der Waals surface area contributed by atoms with Gasteiger partial charge in [0.1, 0.15) is 5.76 Å². The zero-order valence-corrected chi connectivity index (χ0v) is 15.6. The fraction of sp³-hybridized carbons (Fsp3) is 0.292. The lowest BCUT2D eigenvalue weighted by molar-refractivity contribution is 0.441. The summed E-state index contributed by atoms with van der Waals surface area (Å²) in [5.74, 6) is 1.05. The van der Waals surface area contributed by atoms with E-state index < -0.39 is 0 Å². The SMILES string of the molecule is C=CCc1c(CCCCCC)oc(=Nc2ccccc2)c2ccccc12. The summed E-state index contributed by atoms with van der Waals surface area (Å²) in [5.41, 5.74) is 2.86. The summed E-state index contributed by atoms with van der Waals surface area (Å²) in [5, 5.41) is 2.28. The van der Waals surface area contributed by atoms with Crippen LogP contribution >= 0.6 is 0 Å². The van der Waals surface area contributed by atoms with Gasteiger partial charge in [-0.05, 0) is 36.4 Å². The van der Waals surface area contributed by atoms with Crippen LogP contribution in [0.1, 0.15) is 43.9 Å². The summed E-state index contributed by atoms with van der Waals surface area (Å²) in [6, 6.07) is 18.4. The quantitative estimate of drug-likeness (QED) is 0.337. The molecule has 0 spiro atoms. The Bertz CT molecular complexity index is 922. The molecule has 2 nitrogen and oxygen atoms in total. The number of hydrogen-bond acceptors (Lipinski definition) is 2. The second-order valence-corrected chi connectivity index (χ2v) is 6.61. The molecule has 134 valence electrons. The van der Waals surface area contributed by atoms with Crippen LogP contribution in [0.4, 0.5) is 5.69 Å². The molecule has 3 aromatic rings. The van der Waals surface area contributed by atoms with E-state index in [0.717, 1.165) is 36.1 Å². The maximum Gasteiger partial charge on any atom is 0.227 e. The Morgan fingerprint density at radius 1 is 0.923 bits per heavy atom. The second-order valence-electron chi connectivity index (χ2n) is 6.61. The number of aryl methyl sites for hydroxylation is 1. The van der Waals surface area contributed by atoms with Crippen molar-refractivity contribution in [2.75, 3.05) is 0 Å². The van der Waals surface area contributed by atoms with Gasteiger partial charge in [-0.15, -0.1) is 6.58 Å². The molecule has 2 aromatic carbocycles. The highest BCUT2D eigenvalue weighted by atomic mass is 16.3. The average Bonchev–Trinajstić information content (AvgIpc) is 2.68. The van der Waals surface area contributed by atoms with Gasteiger partial charge in [0, 0.05) is 17.4 Å². The van der Waals surface area contributed by atoms with Crippen molar-refractivity contribution in [2.24, 2.45) is 4.99 Å². The van der Waals surface area contributed by atoms with E-state index in [1.807, 2.05) is 42.5 Å². The largest absolute Gasteiger partial charge is 0.442 e.